The Morgan fingerprint density at radius 3 is 2.00 bits per heavy atom. The van der Waals surface area contributed by atoms with E-state index in [9.17, 15) is 19.5 Å². The van der Waals surface area contributed by atoms with E-state index in [1.807, 2.05) is 27.7 Å². The normalized spacial score (nSPS) is 22.0. The van der Waals surface area contributed by atoms with Gasteiger partial charge >= 0.3 is 5.97 Å². The number of hydrogen-bond acceptors (Lipinski definition) is 5. The standard InChI is InChI=1S/C24H44N2O4/c1-16(2)25-13-17-9-11-18(12-10-17)20(28)24(7,8)26-19(21(29)30)23(5,6)14-22(3,4)15-27/h15-19,25-26H,9-14H2,1-8H3,(H,29,30). The largest absolute Gasteiger partial charge is 0.480 e. The lowest BCUT2D eigenvalue weighted by Gasteiger charge is -2.41. The summed E-state index contributed by atoms with van der Waals surface area (Å²) in [6.07, 6.45) is 5.03. The molecule has 0 aromatic rings. The summed E-state index contributed by atoms with van der Waals surface area (Å²) in [5.41, 5.74) is -2.28. The molecule has 0 heterocycles. The van der Waals surface area contributed by atoms with Crippen LogP contribution >= 0.6 is 0 Å². The van der Waals surface area contributed by atoms with Crippen molar-refractivity contribution in [3.63, 3.8) is 0 Å². The van der Waals surface area contributed by atoms with E-state index in [-0.39, 0.29) is 11.7 Å². The Kier molecular flexibility index (Phi) is 9.24. The second kappa shape index (κ2) is 10.4. The number of aldehydes is 1. The number of Topliss-reactive ketones (excluding diaryl/α,β-unsaturated/α-hetero) is 1. The van der Waals surface area contributed by atoms with Crippen LogP contribution in [0.1, 0.15) is 87.5 Å². The molecule has 0 radical (unpaired) electrons. The highest BCUT2D eigenvalue weighted by atomic mass is 16.4. The lowest BCUT2D eigenvalue weighted by molar-refractivity contribution is -0.145. The average Bonchev–Trinajstić information content (AvgIpc) is 2.63. The molecule has 1 saturated carbocycles. The molecule has 30 heavy (non-hydrogen) atoms. The van der Waals surface area contributed by atoms with Crippen LogP contribution in [0.15, 0.2) is 0 Å². The number of nitrogens with one attached hydrogen (secondary N) is 2. The Morgan fingerprint density at radius 1 is 1.03 bits per heavy atom. The summed E-state index contributed by atoms with van der Waals surface area (Å²) in [7, 11) is 0. The van der Waals surface area contributed by atoms with E-state index in [1.165, 1.54) is 0 Å². The first-order chi connectivity index (χ1) is 13.6. The number of hydrogen-bond donors (Lipinski definition) is 3. The number of rotatable bonds is 12. The zero-order valence-corrected chi connectivity index (χ0v) is 20.3. The van der Waals surface area contributed by atoms with Crippen molar-refractivity contribution in [2.45, 2.75) is 105 Å². The second-order valence-corrected chi connectivity index (χ2v) is 11.5. The highest BCUT2D eigenvalue weighted by Crippen LogP contribution is 2.37. The molecule has 0 aliphatic heterocycles. The van der Waals surface area contributed by atoms with Crippen molar-refractivity contribution in [2.75, 3.05) is 6.54 Å². The maximum atomic E-state index is 13.3. The number of aliphatic carboxylic acids is 1. The first kappa shape index (κ1) is 26.8. The maximum Gasteiger partial charge on any atom is 0.321 e. The number of carboxylic acid groups (broad SMARTS) is 1. The Labute approximate surface area is 183 Å². The van der Waals surface area contributed by atoms with Crippen LogP contribution in [-0.4, -0.2) is 47.3 Å². The summed E-state index contributed by atoms with van der Waals surface area (Å²) < 4.78 is 0. The smallest absolute Gasteiger partial charge is 0.321 e. The number of carbonyl (C=O) groups is 3. The maximum absolute atomic E-state index is 13.3. The molecule has 1 aliphatic rings. The van der Waals surface area contributed by atoms with Crippen LogP contribution in [0.2, 0.25) is 0 Å². The Morgan fingerprint density at radius 2 is 1.57 bits per heavy atom. The summed E-state index contributed by atoms with van der Waals surface area (Å²) in [6, 6.07) is -0.463. The molecule has 0 saturated heterocycles. The Bertz CT molecular complexity index is 602. The molecule has 1 atom stereocenters. The van der Waals surface area contributed by atoms with E-state index in [1.54, 1.807) is 13.8 Å². The first-order valence-corrected chi connectivity index (χ1v) is 11.4. The molecule has 6 heteroatoms. The minimum absolute atomic E-state index is 0.0354. The van der Waals surface area contributed by atoms with Crippen molar-refractivity contribution >= 4 is 18.0 Å². The molecule has 0 aromatic carbocycles. The molecular formula is C24H44N2O4. The molecule has 0 aromatic heterocycles. The zero-order chi connectivity index (χ0) is 23.3. The van der Waals surface area contributed by atoms with Crippen molar-refractivity contribution in [3.05, 3.63) is 0 Å². The fourth-order valence-corrected chi connectivity index (χ4v) is 4.88. The zero-order valence-electron chi connectivity index (χ0n) is 20.3. The lowest BCUT2D eigenvalue weighted by Crippen LogP contribution is -2.60. The SMILES string of the molecule is CC(C)NCC1CCC(C(=O)C(C)(C)NC(C(=O)O)C(C)(C)CC(C)(C)C=O)CC1. The third-order valence-corrected chi connectivity index (χ3v) is 6.41. The van der Waals surface area contributed by atoms with Crippen molar-refractivity contribution in [1.82, 2.24) is 10.6 Å². The summed E-state index contributed by atoms with van der Waals surface area (Å²) >= 11 is 0. The monoisotopic (exact) mass is 424 g/mol. The van der Waals surface area contributed by atoms with Gasteiger partial charge in [0, 0.05) is 17.4 Å². The quantitative estimate of drug-likeness (QED) is 0.412. The van der Waals surface area contributed by atoms with Gasteiger partial charge in [-0.15, -0.1) is 0 Å². The molecular weight excluding hydrogens is 380 g/mol. The van der Waals surface area contributed by atoms with Crippen molar-refractivity contribution in [2.24, 2.45) is 22.7 Å². The molecule has 1 unspecified atom stereocenters. The molecule has 6 nitrogen and oxygen atoms in total. The summed E-state index contributed by atoms with van der Waals surface area (Å²) in [6.45, 7) is 16.2. The van der Waals surface area contributed by atoms with Gasteiger partial charge in [0.2, 0.25) is 0 Å². The van der Waals surface area contributed by atoms with Crippen LogP contribution in [0.4, 0.5) is 0 Å². The second-order valence-electron chi connectivity index (χ2n) is 11.5. The summed E-state index contributed by atoms with van der Waals surface area (Å²) in [5, 5.41) is 16.5. The average molecular weight is 425 g/mol. The predicted molar refractivity (Wildman–Crippen MR) is 120 cm³/mol. The van der Waals surface area contributed by atoms with E-state index in [0.29, 0.717) is 18.4 Å². The van der Waals surface area contributed by atoms with Crippen LogP contribution in [0.25, 0.3) is 0 Å². The van der Waals surface area contributed by atoms with Gasteiger partial charge in [-0.25, -0.2) is 0 Å². The van der Waals surface area contributed by atoms with Crippen LogP contribution < -0.4 is 10.6 Å². The molecule has 174 valence electrons. The Hall–Kier alpha value is -1.27. The van der Waals surface area contributed by atoms with Gasteiger partial charge in [-0.3, -0.25) is 14.9 Å². The lowest BCUT2D eigenvalue weighted by atomic mass is 9.70. The van der Waals surface area contributed by atoms with E-state index < -0.39 is 28.4 Å². The van der Waals surface area contributed by atoms with Crippen LogP contribution in [0, 0.1) is 22.7 Å². The highest BCUT2D eigenvalue weighted by molar-refractivity contribution is 5.90. The van der Waals surface area contributed by atoms with Crippen LogP contribution in [0.3, 0.4) is 0 Å². The van der Waals surface area contributed by atoms with Crippen LogP contribution in [0.5, 0.6) is 0 Å². The van der Waals surface area contributed by atoms with E-state index in [2.05, 4.69) is 24.5 Å². The van der Waals surface area contributed by atoms with E-state index >= 15 is 0 Å². The number of carboxylic acids is 1. The fourth-order valence-electron chi connectivity index (χ4n) is 4.88. The van der Waals surface area contributed by atoms with Crippen molar-refractivity contribution in [3.8, 4) is 0 Å². The van der Waals surface area contributed by atoms with Gasteiger partial charge in [0.25, 0.3) is 0 Å². The summed E-state index contributed by atoms with van der Waals surface area (Å²) in [5.74, 6) is -0.337. The van der Waals surface area contributed by atoms with Gasteiger partial charge in [-0.2, -0.15) is 0 Å². The number of ketones is 1. The molecule has 1 aliphatic carbocycles. The van der Waals surface area contributed by atoms with Gasteiger partial charge in [-0.05, 0) is 63.8 Å². The molecule has 0 amide bonds. The molecule has 0 spiro atoms. The summed E-state index contributed by atoms with van der Waals surface area (Å²) in [4.78, 5) is 36.8. The van der Waals surface area contributed by atoms with Gasteiger partial charge < -0.3 is 15.2 Å². The van der Waals surface area contributed by atoms with Gasteiger partial charge in [-0.1, -0.05) is 41.5 Å². The number of carbonyl (C=O) groups excluding carboxylic acids is 2. The fraction of sp³-hybridized carbons (Fsp3) is 0.875. The predicted octanol–water partition coefficient (Wildman–Crippen LogP) is 3.82. The van der Waals surface area contributed by atoms with Gasteiger partial charge in [0.1, 0.15) is 12.3 Å². The van der Waals surface area contributed by atoms with Gasteiger partial charge in [0.05, 0.1) is 5.54 Å². The minimum Gasteiger partial charge on any atom is -0.480 e. The van der Waals surface area contributed by atoms with Crippen LogP contribution in [-0.2, 0) is 14.4 Å². The topological polar surface area (TPSA) is 95.5 Å². The molecule has 3 N–H and O–H groups in total. The van der Waals surface area contributed by atoms with E-state index in [0.717, 1.165) is 38.5 Å². The van der Waals surface area contributed by atoms with E-state index in [4.69, 9.17) is 0 Å². The van der Waals surface area contributed by atoms with Gasteiger partial charge in [0.15, 0.2) is 5.78 Å². The first-order valence-electron chi connectivity index (χ1n) is 11.4. The van der Waals surface area contributed by atoms with Crippen molar-refractivity contribution < 1.29 is 19.5 Å². The Balaban J connectivity index is 2.82. The molecule has 0 bridgehead atoms. The third-order valence-electron chi connectivity index (χ3n) is 6.41. The van der Waals surface area contributed by atoms with Crippen molar-refractivity contribution in [1.29, 1.82) is 0 Å². The minimum atomic E-state index is -0.994. The molecule has 1 fully saturated rings. The highest BCUT2D eigenvalue weighted by Gasteiger charge is 2.45. The molecule has 1 rings (SSSR count). The third kappa shape index (κ3) is 7.77.